The van der Waals surface area contributed by atoms with Gasteiger partial charge in [-0.15, -0.1) is 0 Å². The fraction of sp³-hybridized carbons (Fsp3) is 0.118. The highest BCUT2D eigenvalue weighted by Gasteiger charge is 2.05. The van der Waals surface area contributed by atoms with Crippen molar-refractivity contribution in [2.24, 2.45) is 0 Å². The van der Waals surface area contributed by atoms with Gasteiger partial charge in [-0.1, -0.05) is 12.1 Å². The lowest BCUT2D eigenvalue weighted by Crippen LogP contribution is -2.12. The van der Waals surface area contributed by atoms with Crippen LogP contribution >= 0.6 is 0 Å². The number of imidazole rings is 1. The Hall–Kier alpha value is -3.02. The van der Waals surface area contributed by atoms with Gasteiger partial charge in [0.25, 0.3) is 0 Å². The van der Waals surface area contributed by atoms with Crippen LogP contribution in [-0.2, 0) is 11.2 Å². The van der Waals surface area contributed by atoms with E-state index in [1.807, 2.05) is 0 Å². The molecule has 0 atom stereocenters. The molecule has 3 aromatic rings. The molecule has 2 heterocycles. The van der Waals surface area contributed by atoms with E-state index in [0.717, 1.165) is 11.4 Å². The van der Waals surface area contributed by atoms with Crippen LogP contribution in [0.4, 0.5) is 10.1 Å². The van der Waals surface area contributed by atoms with Crippen molar-refractivity contribution in [3.05, 3.63) is 72.7 Å². The van der Waals surface area contributed by atoms with Gasteiger partial charge < -0.3 is 5.32 Å². The molecule has 116 valence electrons. The average Bonchev–Trinajstić information content (AvgIpc) is 3.08. The van der Waals surface area contributed by atoms with Crippen LogP contribution in [0.1, 0.15) is 12.0 Å². The quantitative estimate of drug-likeness (QED) is 0.788. The first-order valence-electron chi connectivity index (χ1n) is 7.19. The van der Waals surface area contributed by atoms with E-state index in [4.69, 9.17) is 0 Å². The Bertz CT molecular complexity index is 785. The predicted octanol–water partition coefficient (Wildman–Crippen LogP) is 2.98. The normalized spacial score (nSPS) is 10.5. The van der Waals surface area contributed by atoms with Crippen LogP contribution in [0.25, 0.3) is 5.82 Å². The van der Waals surface area contributed by atoms with E-state index in [-0.39, 0.29) is 18.1 Å². The third kappa shape index (κ3) is 4.00. The monoisotopic (exact) mass is 310 g/mol. The Morgan fingerprint density at radius 3 is 2.87 bits per heavy atom. The topological polar surface area (TPSA) is 59.8 Å². The Labute approximate surface area is 132 Å². The summed E-state index contributed by atoms with van der Waals surface area (Å²) in [5.74, 6) is 0.300. The molecule has 0 bridgehead atoms. The van der Waals surface area contributed by atoms with Gasteiger partial charge in [-0.2, -0.15) is 0 Å². The molecule has 0 saturated carbocycles. The molecule has 23 heavy (non-hydrogen) atoms. The number of amides is 1. The lowest BCUT2D eigenvalue weighted by Gasteiger charge is -2.06. The molecule has 0 radical (unpaired) electrons. The molecule has 1 aromatic carbocycles. The minimum absolute atomic E-state index is 0.133. The van der Waals surface area contributed by atoms with Crippen LogP contribution in [0.3, 0.4) is 0 Å². The molecule has 1 N–H and O–H groups in total. The second-order valence-electron chi connectivity index (χ2n) is 5.05. The molecule has 0 aliphatic rings. The number of aryl methyl sites for hydroxylation is 1. The molecule has 0 aliphatic carbocycles. The van der Waals surface area contributed by atoms with E-state index in [0.29, 0.717) is 12.1 Å². The predicted molar refractivity (Wildman–Crippen MR) is 84.7 cm³/mol. The number of benzene rings is 1. The van der Waals surface area contributed by atoms with E-state index < -0.39 is 0 Å². The van der Waals surface area contributed by atoms with Crippen molar-refractivity contribution in [1.29, 1.82) is 0 Å². The van der Waals surface area contributed by atoms with Crippen molar-refractivity contribution in [2.45, 2.75) is 12.8 Å². The van der Waals surface area contributed by atoms with Gasteiger partial charge in [0.2, 0.25) is 5.91 Å². The zero-order chi connectivity index (χ0) is 16.1. The number of carbonyl (C=O) groups is 1. The van der Waals surface area contributed by atoms with E-state index in [1.165, 1.54) is 12.1 Å². The van der Waals surface area contributed by atoms with Crippen LogP contribution in [0.5, 0.6) is 0 Å². The number of nitrogens with zero attached hydrogens (tertiary/aromatic N) is 3. The molecular formula is C17H15FN4O. The van der Waals surface area contributed by atoms with Crippen molar-refractivity contribution in [1.82, 2.24) is 14.5 Å². The van der Waals surface area contributed by atoms with Gasteiger partial charge in [-0.05, 0) is 36.2 Å². The molecule has 5 nitrogen and oxygen atoms in total. The van der Waals surface area contributed by atoms with Gasteiger partial charge >= 0.3 is 0 Å². The molecule has 3 rings (SSSR count). The molecular weight excluding hydrogens is 295 g/mol. The largest absolute Gasteiger partial charge is 0.325 e. The second kappa shape index (κ2) is 6.83. The maximum Gasteiger partial charge on any atom is 0.224 e. The third-order valence-corrected chi connectivity index (χ3v) is 3.33. The van der Waals surface area contributed by atoms with Crippen molar-refractivity contribution < 1.29 is 9.18 Å². The van der Waals surface area contributed by atoms with Crippen molar-refractivity contribution >= 4 is 11.6 Å². The number of anilines is 1. The highest BCUT2D eigenvalue weighted by atomic mass is 19.1. The van der Waals surface area contributed by atoms with Gasteiger partial charge in [0, 0.05) is 18.8 Å². The first-order chi connectivity index (χ1) is 11.2. The SMILES string of the molecule is O=C(CCc1cccc(F)c1)Nc1ccc(-n2ccnc2)nc1. The first-order valence-corrected chi connectivity index (χ1v) is 7.19. The lowest BCUT2D eigenvalue weighted by atomic mass is 10.1. The maximum absolute atomic E-state index is 13.1. The number of rotatable bonds is 5. The second-order valence-corrected chi connectivity index (χ2v) is 5.05. The van der Waals surface area contributed by atoms with E-state index in [2.05, 4.69) is 15.3 Å². The zero-order valence-electron chi connectivity index (χ0n) is 12.3. The number of carbonyl (C=O) groups excluding carboxylic acids is 1. The third-order valence-electron chi connectivity index (χ3n) is 3.33. The highest BCUT2D eigenvalue weighted by molar-refractivity contribution is 5.90. The molecule has 0 unspecified atom stereocenters. The van der Waals surface area contributed by atoms with Gasteiger partial charge in [0.1, 0.15) is 18.0 Å². The van der Waals surface area contributed by atoms with Crippen LogP contribution in [0, 0.1) is 5.82 Å². The number of aromatic nitrogens is 3. The first kappa shape index (κ1) is 14.9. The molecule has 0 spiro atoms. The summed E-state index contributed by atoms with van der Waals surface area (Å²) in [6, 6.07) is 9.84. The summed E-state index contributed by atoms with van der Waals surface area (Å²) in [5.41, 5.74) is 1.42. The van der Waals surface area contributed by atoms with E-state index in [9.17, 15) is 9.18 Å². The molecule has 2 aromatic heterocycles. The summed E-state index contributed by atoms with van der Waals surface area (Å²) in [6.07, 6.45) is 7.48. The summed E-state index contributed by atoms with van der Waals surface area (Å²) in [5, 5.41) is 2.78. The number of pyridine rings is 1. The van der Waals surface area contributed by atoms with Gasteiger partial charge in [-0.3, -0.25) is 9.36 Å². The molecule has 6 heteroatoms. The number of nitrogens with one attached hydrogen (secondary N) is 1. The van der Waals surface area contributed by atoms with Crippen LogP contribution in [0.15, 0.2) is 61.3 Å². The average molecular weight is 310 g/mol. The smallest absolute Gasteiger partial charge is 0.224 e. The fourth-order valence-corrected chi connectivity index (χ4v) is 2.18. The van der Waals surface area contributed by atoms with Crippen LogP contribution in [0.2, 0.25) is 0 Å². The number of halogens is 1. The standard InChI is InChI=1S/C17H15FN4O/c18-14-3-1-2-13(10-14)4-7-17(23)21-15-5-6-16(20-11-15)22-9-8-19-12-22/h1-3,5-6,8-12H,4,7H2,(H,21,23). The number of hydrogen-bond donors (Lipinski definition) is 1. The van der Waals surface area contributed by atoms with Gasteiger partial charge in [0.05, 0.1) is 11.9 Å². The lowest BCUT2D eigenvalue weighted by molar-refractivity contribution is -0.116. The Morgan fingerprint density at radius 2 is 2.17 bits per heavy atom. The molecule has 1 amide bonds. The zero-order valence-corrected chi connectivity index (χ0v) is 12.3. The molecule has 0 fully saturated rings. The summed E-state index contributed by atoms with van der Waals surface area (Å²) in [4.78, 5) is 20.2. The minimum Gasteiger partial charge on any atom is -0.325 e. The minimum atomic E-state index is -0.290. The van der Waals surface area contributed by atoms with Crippen molar-refractivity contribution in [2.75, 3.05) is 5.32 Å². The Kier molecular flexibility index (Phi) is 4.42. The van der Waals surface area contributed by atoms with Crippen molar-refractivity contribution in [3.8, 4) is 5.82 Å². The number of hydrogen-bond acceptors (Lipinski definition) is 3. The summed E-state index contributed by atoms with van der Waals surface area (Å²) in [7, 11) is 0. The summed E-state index contributed by atoms with van der Waals surface area (Å²) >= 11 is 0. The summed E-state index contributed by atoms with van der Waals surface area (Å²) < 4.78 is 14.9. The van der Waals surface area contributed by atoms with Gasteiger partial charge in [-0.25, -0.2) is 14.4 Å². The van der Waals surface area contributed by atoms with Crippen molar-refractivity contribution in [3.63, 3.8) is 0 Å². The Balaban J connectivity index is 1.55. The summed E-state index contributed by atoms with van der Waals surface area (Å²) in [6.45, 7) is 0. The van der Waals surface area contributed by atoms with Crippen LogP contribution in [-0.4, -0.2) is 20.4 Å². The molecule has 0 aliphatic heterocycles. The van der Waals surface area contributed by atoms with E-state index >= 15 is 0 Å². The van der Waals surface area contributed by atoms with Crippen LogP contribution < -0.4 is 5.32 Å². The van der Waals surface area contributed by atoms with Gasteiger partial charge in [0.15, 0.2) is 0 Å². The maximum atomic E-state index is 13.1. The fourth-order valence-electron chi connectivity index (χ4n) is 2.18. The Morgan fingerprint density at radius 1 is 1.26 bits per heavy atom. The molecule has 0 saturated heterocycles. The van der Waals surface area contributed by atoms with E-state index in [1.54, 1.807) is 53.8 Å². The highest BCUT2D eigenvalue weighted by Crippen LogP contribution is 2.11.